The summed E-state index contributed by atoms with van der Waals surface area (Å²) in [5, 5.41) is 10.2. The number of benzene rings is 1. The Kier molecular flexibility index (Phi) is 6.92. The van der Waals surface area contributed by atoms with Gasteiger partial charge in [0.25, 0.3) is 0 Å². The number of aliphatic carboxylic acids is 1. The SMILES string of the molecule is CC(C)(C)OC(=O)N1CCN(c2nc(Cl)nc3c2CCN(Cc2ccccc2)C3)CC1(C)C(=O)O. The van der Waals surface area contributed by atoms with Crippen molar-refractivity contribution in [1.82, 2.24) is 19.8 Å². The van der Waals surface area contributed by atoms with Crippen LogP contribution in [0.15, 0.2) is 30.3 Å². The Morgan fingerprint density at radius 1 is 1.14 bits per heavy atom. The third-order valence-electron chi connectivity index (χ3n) is 6.41. The predicted molar refractivity (Wildman–Crippen MR) is 132 cm³/mol. The van der Waals surface area contributed by atoms with E-state index in [1.807, 2.05) is 23.1 Å². The van der Waals surface area contributed by atoms with E-state index >= 15 is 0 Å². The van der Waals surface area contributed by atoms with E-state index < -0.39 is 23.2 Å². The van der Waals surface area contributed by atoms with E-state index in [2.05, 4.69) is 27.0 Å². The van der Waals surface area contributed by atoms with Crippen molar-refractivity contribution in [3.63, 3.8) is 0 Å². The number of amides is 1. The topological polar surface area (TPSA) is 99.1 Å². The number of carbonyl (C=O) groups excluding carboxylic acids is 1. The van der Waals surface area contributed by atoms with Gasteiger partial charge in [0.1, 0.15) is 11.4 Å². The molecule has 4 rings (SSSR count). The van der Waals surface area contributed by atoms with E-state index in [1.54, 1.807) is 27.7 Å². The molecule has 10 heteroatoms. The largest absolute Gasteiger partial charge is 0.479 e. The first-order chi connectivity index (χ1) is 16.5. The highest BCUT2D eigenvalue weighted by Gasteiger charge is 2.49. The summed E-state index contributed by atoms with van der Waals surface area (Å²) in [4.78, 5) is 39.7. The summed E-state index contributed by atoms with van der Waals surface area (Å²) < 4.78 is 5.49. The van der Waals surface area contributed by atoms with Crippen LogP contribution in [-0.2, 0) is 29.0 Å². The van der Waals surface area contributed by atoms with E-state index in [0.717, 1.165) is 30.8 Å². The summed E-state index contributed by atoms with van der Waals surface area (Å²) in [6.45, 7) is 9.76. The monoisotopic (exact) mass is 501 g/mol. The van der Waals surface area contributed by atoms with Gasteiger partial charge in [-0.25, -0.2) is 19.6 Å². The number of anilines is 1. The number of fused-ring (bicyclic) bond motifs is 1. The third kappa shape index (κ3) is 5.51. The molecule has 1 amide bonds. The number of halogens is 1. The van der Waals surface area contributed by atoms with Crippen molar-refractivity contribution in [3.8, 4) is 0 Å². The average molecular weight is 502 g/mol. The van der Waals surface area contributed by atoms with E-state index in [0.29, 0.717) is 18.9 Å². The molecular formula is C25H32ClN5O4. The Morgan fingerprint density at radius 2 is 1.86 bits per heavy atom. The Balaban J connectivity index is 1.57. The van der Waals surface area contributed by atoms with Crippen molar-refractivity contribution in [2.45, 2.75) is 58.3 Å². The lowest BCUT2D eigenvalue weighted by molar-refractivity contribution is -0.150. The van der Waals surface area contributed by atoms with Gasteiger partial charge in [0.2, 0.25) is 5.28 Å². The number of rotatable bonds is 4. The number of ether oxygens (including phenoxy) is 1. The van der Waals surface area contributed by atoms with Crippen molar-refractivity contribution in [2.75, 3.05) is 31.1 Å². The molecule has 2 aromatic rings. The smallest absolute Gasteiger partial charge is 0.411 e. The summed E-state index contributed by atoms with van der Waals surface area (Å²) in [5.41, 5.74) is 0.856. The van der Waals surface area contributed by atoms with Crippen LogP contribution in [0.4, 0.5) is 10.6 Å². The van der Waals surface area contributed by atoms with Crippen LogP contribution in [0, 0.1) is 0 Å². The highest BCUT2D eigenvalue weighted by Crippen LogP contribution is 2.33. The number of hydrogen-bond donors (Lipinski definition) is 1. The van der Waals surface area contributed by atoms with E-state index in [1.165, 1.54) is 10.5 Å². The minimum Gasteiger partial charge on any atom is -0.479 e. The Morgan fingerprint density at radius 3 is 2.51 bits per heavy atom. The fraction of sp³-hybridized carbons (Fsp3) is 0.520. The van der Waals surface area contributed by atoms with Crippen molar-refractivity contribution in [2.24, 2.45) is 0 Å². The van der Waals surface area contributed by atoms with Crippen LogP contribution < -0.4 is 4.90 Å². The van der Waals surface area contributed by atoms with Crippen LogP contribution in [0.3, 0.4) is 0 Å². The van der Waals surface area contributed by atoms with Crippen LogP contribution in [0.5, 0.6) is 0 Å². The molecular weight excluding hydrogens is 470 g/mol. The Hall–Kier alpha value is -2.91. The number of carboxylic acid groups (broad SMARTS) is 1. The van der Waals surface area contributed by atoms with Crippen LogP contribution in [-0.4, -0.2) is 74.3 Å². The van der Waals surface area contributed by atoms with Gasteiger partial charge < -0.3 is 14.7 Å². The summed E-state index contributed by atoms with van der Waals surface area (Å²) >= 11 is 6.33. The van der Waals surface area contributed by atoms with Crippen LogP contribution >= 0.6 is 11.6 Å². The van der Waals surface area contributed by atoms with Gasteiger partial charge in [0.15, 0.2) is 5.54 Å². The second kappa shape index (κ2) is 9.62. The Bertz CT molecular complexity index is 1110. The summed E-state index contributed by atoms with van der Waals surface area (Å²) in [7, 11) is 0. The van der Waals surface area contributed by atoms with Gasteiger partial charge in [-0.05, 0) is 51.3 Å². The van der Waals surface area contributed by atoms with Gasteiger partial charge in [0, 0.05) is 38.3 Å². The summed E-state index contributed by atoms with van der Waals surface area (Å²) in [5.74, 6) is -0.452. The lowest BCUT2D eigenvalue weighted by Gasteiger charge is -2.47. The second-order valence-electron chi connectivity index (χ2n) is 10.3. The molecule has 1 fully saturated rings. The third-order valence-corrected chi connectivity index (χ3v) is 6.58. The van der Waals surface area contributed by atoms with Crippen LogP contribution in [0.25, 0.3) is 0 Å². The van der Waals surface area contributed by atoms with Crippen molar-refractivity contribution in [3.05, 3.63) is 52.4 Å². The highest BCUT2D eigenvalue weighted by molar-refractivity contribution is 6.28. The summed E-state index contributed by atoms with van der Waals surface area (Å²) in [6.07, 6.45) is 0.0893. The van der Waals surface area contributed by atoms with Crippen molar-refractivity contribution < 1.29 is 19.4 Å². The predicted octanol–water partition coefficient (Wildman–Crippen LogP) is 3.59. The molecule has 1 atom stereocenters. The molecule has 2 aliphatic rings. The van der Waals surface area contributed by atoms with Crippen molar-refractivity contribution >= 4 is 29.5 Å². The Labute approximate surface area is 210 Å². The lowest BCUT2D eigenvalue weighted by atomic mass is 9.95. The maximum atomic E-state index is 12.8. The fourth-order valence-electron chi connectivity index (χ4n) is 4.65. The number of aromatic nitrogens is 2. The molecule has 3 heterocycles. The highest BCUT2D eigenvalue weighted by atomic mass is 35.5. The first-order valence-electron chi connectivity index (χ1n) is 11.8. The number of carboxylic acids is 1. The molecule has 1 aromatic carbocycles. The number of nitrogens with zero attached hydrogens (tertiary/aromatic N) is 5. The van der Waals surface area contributed by atoms with Gasteiger partial charge in [0.05, 0.1) is 12.2 Å². The zero-order valence-electron chi connectivity index (χ0n) is 20.6. The van der Waals surface area contributed by atoms with Crippen molar-refractivity contribution in [1.29, 1.82) is 0 Å². The number of hydrogen-bond acceptors (Lipinski definition) is 7. The van der Waals surface area contributed by atoms with Gasteiger partial charge >= 0.3 is 12.1 Å². The second-order valence-corrected chi connectivity index (χ2v) is 10.7. The molecule has 0 radical (unpaired) electrons. The minimum atomic E-state index is -1.49. The molecule has 9 nitrogen and oxygen atoms in total. The average Bonchev–Trinajstić information content (AvgIpc) is 2.77. The van der Waals surface area contributed by atoms with Gasteiger partial charge in [-0.2, -0.15) is 0 Å². The molecule has 188 valence electrons. The fourth-order valence-corrected chi connectivity index (χ4v) is 4.83. The molecule has 1 saturated heterocycles. The van der Waals surface area contributed by atoms with Gasteiger partial charge in [-0.1, -0.05) is 30.3 Å². The molecule has 1 unspecified atom stereocenters. The van der Waals surface area contributed by atoms with Gasteiger partial charge in [-0.15, -0.1) is 0 Å². The zero-order valence-corrected chi connectivity index (χ0v) is 21.4. The van der Waals surface area contributed by atoms with Gasteiger partial charge in [-0.3, -0.25) is 9.80 Å². The molecule has 1 aromatic heterocycles. The summed E-state index contributed by atoms with van der Waals surface area (Å²) in [6, 6.07) is 10.3. The molecule has 1 N–H and O–H groups in total. The normalized spacial score (nSPS) is 20.9. The number of piperazine rings is 1. The molecule has 35 heavy (non-hydrogen) atoms. The molecule has 0 aliphatic carbocycles. The van der Waals surface area contributed by atoms with E-state index in [9.17, 15) is 14.7 Å². The quantitative estimate of drug-likeness (QED) is 0.634. The first-order valence-corrected chi connectivity index (χ1v) is 12.1. The molecule has 0 bridgehead atoms. The van der Waals surface area contributed by atoms with E-state index in [-0.39, 0.29) is 18.4 Å². The molecule has 0 saturated carbocycles. The zero-order chi connectivity index (χ0) is 25.4. The lowest BCUT2D eigenvalue weighted by Crippen LogP contribution is -2.67. The first kappa shape index (κ1) is 25.2. The van der Waals surface area contributed by atoms with Crippen LogP contribution in [0.2, 0.25) is 5.28 Å². The maximum Gasteiger partial charge on any atom is 0.411 e. The number of carbonyl (C=O) groups is 2. The minimum absolute atomic E-state index is 0.0646. The van der Waals surface area contributed by atoms with Crippen LogP contribution in [0.1, 0.15) is 44.5 Å². The standard InChI is InChI=1S/C25H32ClN5O4/c1-24(2,3)35-23(34)31-13-12-30(16-25(31,4)21(32)33)20-18-10-11-29(14-17-8-6-5-7-9-17)15-19(18)27-22(26)28-20/h5-9H,10-16H2,1-4H3,(H,32,33). The van der Waals surface area contributed by atoms with E-state index in [4.69, 9.17) is 16.3 Å². The maximum absolute atomic E-state index is 12.8. The molecule has 2 aliphatic heterocycles. The molecule has 0 spiro atoms.